The molecule has 0 aliphatic carbocycles. The standard InChI is InChI=1S/C21H18N4O2/c1-13-24-19-18(14-8-10-16(26-2)11-9-14)17(12-22)20(23)25(21(19)27-13)15-6-4-3-5-7-15/h3-11,18H,23H2,1-2H3. The van der Waals surface area contributed by atoms with Gasteiger partial charge in [-0.15, -0.1) is 0 Å². The van der Waals surface area contributed by atoms with E-state index in [2.05, 4.69) is 11.1 Å². The Bertz CT molecular complexity index is 1050. The van der Waals surface area contributed by atoms with Gasteiger partial charge in [-0.25, -0.2) is 4.98 Å². The summed E-state index contributed by atoms with van der Waals surface area (Å²) in [5.41, 5.74) is 9.27. The number of methoxy groups -OCH3 is 1. The zero-order valence-corrected chi connectivity index (χ0v) is 15.0. The first-order valence-corrected chi connectivity index (χ1v) is 8.50. The second kappa shape index (κ2) is 6.54. The van der Waals surface area contributed by atoms with Crippen molar-refractivity contribution in [3.05, 3.63) is 83.1 Å². The van der Waals surface area contributed by atoms with Crippen molar-refractivity contribution in [2.75, 3.05) is 12.0 Å². The molecule has 1 aliphatic rings. The third-order valence-corrected chi connectivity index (χ3v) is 4.61. The van der Waals surface area contributed by atoms with Gasteiger partial charge >= 0.3 is 0 Å². The summed E-state index contributed by atoms with van der Waals surface area (Å²) in [6.07, 6.45) is 0. The highest BCUT2D eigenvalue weighted by atomic mass is 16.5. The molecule has 6 nitrogen and oxygen atoms in total. The summed E-state index contributed by atoms with van der Waals surface area (Å²) in [5, 5.41) is 9.89. The maximum atomic E-state index is 9.89. The zero-order valence-electron chi connectivity index (χ0n) is 15.0. The number of oxazole rings is 1. The van der Waals surface area contributed by atoms with Gasteiger partial charge in [0.25, 0.3) is 0 Å². The molecule has 0 saturated heterocycles. The second-order valence-corrected chi connectivity index (χ2v) is 6.21. The number of allylic oxidation sites excluding steroid dienone is 1. The van der Waals surface area contributed by atoms with E-state index in [0.29, 0.717) is 28.9 Å². The van der Waals surface area contributed by atoms with Gasteiger partial charge in [0.15, 0.2) is 5.89 Å². The van der Waals surface area contributed by atoms with Crippen LogP contribution in [-0.2, 0) is 0 Å². The van der Waals surface area contributed by atoms with Crippen LogP contribution in [0.15, 0.2) is 70.4 Å². The van der Waals surface area contributed by atoms with E-state index < -0.39 is 5.92 Å². The van der Waals surface area contributed by atoms with Crippen molar-refractivity contribution in [2.24, 2.45) is 5.73 Å². The van der Waals surface area contributed by atoms with Gasteiger partial charge in [0, 0.05) is 6.92 Å². The van der Waals surface area contributed by atoms with Gasteiger partial charge in [-0.3, -0.25) is 4.90 Å². The minimum Gasteiger partial charge on any atom is -0.497 e. The molecular formula is C21H18N4O2. The Kier molecular flexibility index (Phi) is 4.05. The van der Waals surface area contributed by atoms with Crippen LogP contribution >= 0.6 is 0 Å². The normalized spacial score (nSPS) is 16.0. The van der Waals surface area contributed by atoms with Crippen LogP contribution in [-0.4, -0.2) is 12.1 Å². The van der Waals surface area contributed by atoms with Crippen LogP contribution in [0.1, 0.15) is 23.1 Å². The first kappa shape index (κ1) is 16.7. The molecule has 0 spiro atoms. The number of fused-ring (bicyclic) bond motifs is 1. The molecular weight excluding hydrogens is 340 g/mol. The summed E-state index contributed by atoms with van der Waals surface area (Å²) < 4.78 is 11.1. The zero-order chi connectivity index (χ0) is 19.0. The van der Waals surface area contributed by atoms with E-state index in [9.17, 15) is 5.26 Å². The number of hydrogen-bond acceptors (Lipinski definition) is 6. The van der Waals surface area contributed by atoms with Crippen LogP contribution in [0.4, 0.5) is 11.6 Å². The predicted molar refractivity (Wildman–Crippen MR) is 101 cm³/mol. The molecule has 3 aromatic rings. The Labute approximate surface area is 157 Å². The van der Waals surface area contributed by atoms with Crippen molar-refractivity contribution >= 4 is 11.6 Å². The molecule has 27 heavy (non-hydrogen) atoms. The Morgan fingerprint density at radius 1 is 1.15 bits per heavy atom. The van der Waals surface area contributed by atoms with E-state index in [1.807, 2.05) is 54.6 Å². The van der Waals surface area contributed by atoms with E-state index in [-0.39, 0.29) is 0 Å². The molecule has 6 heteroatoms. The second-order valence-electron chi connectivity index (χ2n) is 6.21. The largest absolute Gasteiger partial charge is 0.497 e. The number of hydrogen-bond donors (Lipinski definition) is 1. The van der Waals surface area contributed by atoms with E-state index in [1.54, 1.807) is 18.9 Å². The highest BCUT2D eigenvalue weighted by Gasteiger charge is 2.38. The van der Waals surface area contributed by atoms with Crippen LogP contribution in [0, 0.1) is 18.3 Å². The number of aromatic nitrogens is 1. The monoisotopic (exact) mass is 358 g/mol. The number of benzene rings is 2. The summed E-state index contributed by atoms with van der Waals surface area (Å²) in [7, 11) is 1.62. The molecule has 134 valence electrons. The number of rotatable bonds is 3. The fraction of sp³-hybridized carbons (Fsp3) is 0.143. The van der Waals surface area contributed by atoms with Gasteiger partial charge < -0.3 is 14.9 Å². The molecule has 2 N–H and O–H groups in total. The minimum absolute atomic E-state index is 0.341. The van der Waals surface area contributed by atoms with Gasteiger partial charge in [0.2, 0.25) is 5.88 Å². The SMILES string of the molecule is COc1ccc(C2C(C#N)=C(N)N(c3ccccc3)c3oc(C)nc32)cc1. The Morgan fingerprint density at radius 3 is 2.48 bits per heavy atom. The number of para-hydroxylation sites is 1. The van der Waals surface area contributed by atoms with Crippen molar-refractivity contribution in [1.29, 1.82) is 5.26 Å². The number of nitriles is 1. The quantitative estimate of drug-likeness (QED) is 0.762. The molecule has 1 unspecified atom stereocenters. The highest BCUT2D eigenvalue weighted by molar-refractivity contribution is 5.73. The van der Waals surface area contributed by atoms with Gasteiger partial charge in [0.1, 0.15) is 17.3 Å². The van der Waals surface area contributed by atoms with E-state index >= 15 is 0 Å². The number of anilines is 2. The first-order valence-electron chi connectivity index (χ1n) is 8.50. The summed E-state index contributed by atoms with van der Waals surface area (Å²) in [4.78, 5) is 6.32. The van der Waals surface area contributed by atoms with Crippen LogP contribution in [0.2, 0.25) is 0 Å². The van der Waals surface area contributed by atoms with E-state index in [0.717, 1.165) is 17.0 Å². The lowest BCUT2D eigenvalue weighted by molar-refractivity contribution is 0.414. The Balaban J connectivity index is 1.93. The highest BCUT2D eigenvalue weighted by Crippen LogP contribution is 2.46. The Morgan fingerprint density at radius 2 is 1.85 bits per heavy atom. The topological polar surface area (TPSA) is 88.3 Å². The lowest BCUT2D eigenvalue weighted by Gasteiger charge is -2.31. The van der Waals surface area contributed by atoms with Crippen LogP contribution in [0.3, 0.4) is 0 Å². The van der Waals surface area contributed by atoms with E-state index in [1.165, 1.54) is 0 Å². The maximum Gasteiger partial charge on any atom is 0.230 e. The van der Waals surface area contributed by atoms with Gasteiger partial charge in [0.05, 0.1) is 30.4 Å². The third-order valence-electron chi connectivity index (χ3n) is 4.61. The van der Waals surface area contributed by atoms with Crippen LogP contribution < -0.4 is 15.4 Å². The van der Waals surface area contributed by atoms with Crippen molar-refractivity contribution < 1.29 is 9.15 Å². The number of nitrogens with zero attached hydrogens (tertiary/aromatic N) is 3. The van der Waals surface area contributed by atoms with Crippen molar-refractivity contribution in [3.8, 4) is 11.8 Å². The maximum absolute atomic E-state index is 9.89. The van der Waals surface area contributed by atoms with Crippen LogP contribution in [0.25, 0.3) is 0 Å². The van der Waals surface area contributed by atoms with Crippen LogP contribution in [0.5, 0.6) is 5.75 Å². The third kappa shape index (κ3) is 2.70. The molecule has 4 rings (SSSR count). The van der Waals surface area contributed by atoms with Crippen molar-refractivity contribution in [2.45, 2.75) is 12.8 Å². The molecule has 1 aliphatic heterocycles. The first-order chi connectivity index (χ1) is 13.1. The minimum atomic E-state index is -0.395. The molecule has 2 aromatic carbocycles. The summed E-state index contributed by atoms with van der Waals surface area (Å²) in [5.74, 6) is 1.75. The summed E-state index contributed by atoms with van der Waals surface area (Å²) in [6, 6.07) is 19.4. The van der Waals surface area contributed by atoms with Gasteiger partial charge in [-0.05, 0) is 29.8 Å². The predicted octanol–water partition coefficient (Wildman–Crippen LogP) is 3.97. The van der Waals surface area contributed by atoms with Gasteiger partial charge in [-0.2, -0.15) is 5.26 Å². The van der Waals surface area contributed by atoms with Gasteiger partial charge in [-0.1, -0.05) is 30.3 Å². The number of aryl methyl sites for hydroxylation is 1. The average Bonchev–Trinajstić information content (AvgIpc) is 3.08. The molecule has 1 atom stereocenters. The molecule has 2 heterocycles. The molecule has 1 aromatic heterocycles. The van der Waals surface area contributed by atoms with Crippen molar-refractivity contribution in [3.63, 3.8) is 0 Å². The number of ether oxygens (including phenoxy) is 1. The van der Waals surface area contributed by atoms with Crippen molar-refractivity contribution in [1.82, 2.24) is 4.98 Å². The molecule has 0 bridgehead atoms. The Hall–Kier alpha value is -3.72. The smallest absolute Gasteiger partial charge is 0.230 e. The molecule has 0 amide bonds. The fourth-order valence-electron chi connectivity index (χ4n) is 3.37. The molecule has 0 radical (unpaired) electrons. The van der Waals surface area contributed by atoms with E-state index in [4.69, 9.17) is 14.9 Å². The average molecular weight is 358 g/mol. The summed E-state index contributed by atoms with van der Waals surface area (Å²) in [6.45, 7) is 1.79. The lowest BCUT2D eigenvalue weighted by Crippen LogP contribution is -2.31. The molecule has 0 saturated carbocycles. The number of nitrogens with two attached hydrogens (primary N) is 1. The fourth-order valence-corrected chi connectivity index (χ4v) is 3.37. The molecule has 0 fully saturated rings. The summed E-state index contributed by atoms with van der Waals surface area (Å²) >= 11 is 0. The lowest BCUT2D eigenvalue weighted by atomic mass is 9.86.